The van der Waals surface area contributed by atoms with Crippen LogP contribution >= 0.6 is 35.0 Å². The standard InChI is InChI=1S/C17H17Cl2NOS/c1-3-16(22-13-9-7-12(18)8-10-13)17(21)20-15-6-4-5-14(19)11(15)2/h4-10,16H,3H2,1-2H3,(H,20,21). The van der Waals surface area contributed by atoms with Crippen LogP contribution in [-0.4, -0.2) is 11.2 Å². The first kappa shape index (κ1) is 17.2. The summed E-state index contributed by atoms with van der Waals surface area (Å²) in [6, 6.07) is 13.0. The van der Waals surface area contributed by atoms with Crippen LogP contribution in [-0.2, 0) is 4.79 Å². The van der Waals surface area contributed by atoms with E-state index >= 15 is 0 Å². The lowest BCUT2D eigenvalue weighted by molar-refractivity contribution is -0.115. The third-order valence-corrected chi connectivity index (χ3v) is 5.32. The highest BCUT2D eigenvalue weighted by molar-refractivity contribution is 8.00. The van der Waals surface area contributed by atoms with E-state index in [4.69, 9.17) is 23.2 Å². The van der Waals surface area contributed by atoms with Gasteiger partial charge in [-0.15, -0.1) is 11.8 Å². The van der Waals surface area contributed by atoms with Crippen LogP contribution in [0, 0.1) is 6.92 Å². The van der Waals surface area contributed by atoms with Crippen LogP contribution in [0.25, 0.3) is 0 Å². The number of nitrogens with one attached hydrogen (secondary N) is 1. The molecule has 1 unspecified atom stereocenters. The number of anilines is 1. The average molecular weight is 354 g/mol. The van der Waals surface area contributed by atoms with E-state index in [1.165, 1.54) is 11.8 Å². The Hall–Kier alpha value is -1.16. The van der Waals surface area contributed by atoms with Crippen molar-refractivity contribution < 1.29 is 4.79 Å². The zero-order valence-corrected chi connectivity index (χ0v) is 14.7. The molecule has 0 saturated heterocycles. The van der Waals surface area contributed by atoms with Crippen molar-refractivity contribution in [3.8, 4) is 0 Å². The highest BCUT2D eigenvalue weighted by atomic mass is 35.5. The van der Waals surface area contributed by atoms with Crippen molar-refractivity contribution in [1.82, 2.24) is 0 Å². The number of carbonyl (C=O) groups excluding carboxylic acids is 1. The van der Waals surface area contributed by atoms with E-state index in [2.05, 4.69) is 5.32 Å². The lowest BCUT2D eigenvalue weighted by Crippen LogP contribution is -2.24. The predicted molar refractivity (Wildman–Crippen MR) is 96.2 cm³/mol. The van der Waals surface area contributed by atoms with Crippen molar-refractivity contribution in [3.63, 3.8) is 0 Å². The van der Waals surface area contributed by atoms with Gasteiger partial charge in [-0.1, -0.05) is 36.2 Å². The summed E-state index contributed by atoms with van der Waals surface area (Å²) in [4.78, 5) is 13.5. The lowest BCUT2D eigenvalue weighted by atomic mass is 10.2. The van der Waals surface area contributed by atoms with E-state index < -0.39 is 0 Å². The average Bonchev–Trinajstić information content (AvgIpc) is 2.51. The smallest absolute Gasteiger partial charge is 0.237 e. The molecular formula is C17H17Cl2NOS. The molecule has 0 aliphatic carbocycles. The Bertz CT molecular complexity index is 658. The predicted octanol–water partition coefficient (Wildman–Crippen LogP) is 5.81. The maximum absolute atomic E-state index is 12.5. The number of halogens is 2. The van der Waals surface area contributed by atoms with Gasteiger partial charge in [-0.2, -0.15) is 0 Å². The van der Waals surface area contributed by atoms with E-state index in [9.17, 15) is 4.79 Å². The van der Waals surface area contributed by atoms with Crippen molar-refractivity contribution in [2.75, 3.05) is 5.32 Å². The highest BCUT2D eigenvalue weighted by Gasteiger charge is 2.19. The van der Waals surface area contributed by atoms with Crippen molar-refractivity contribution in [2.24, 2.45) is 0 Å². The summed E-state index contributed by atoms with van der Waals surface area (Å²) < 4.78 is 0. The highest BCUT2D eigenvalue weighted by Crippen LogP contribution is 2.29. The maximum atomic E-state index is 12.5. The fourth-order valence-electron chi connectivity index (χ4n) is 1.96. The van der Waals surface area contributed by atoms with Gasteiger partial charge in [0.15, 0.2) is 0 Å². The summed E-state index contributed by atoms with van der Waals surface area (Å²) in [5, 5.41) is 4.14. The molecule has 0 fully saturated rings. The minimum Gasteiger partial charge on any atom is -0.325 e. The summed E-state index contributed by atoms with van der Waals surface area (Å²) in [5.41, 5.74) is 1.64. The lowest BCUT2D eigenvalue weighted by Gasteiger charge is -2.16. The molecule has 0 saturated carbocycles. The fourth-order valence-corrected chi connectivity index (χ4v) is 3.21. The molecule has 1 amide bonds. The Morgan fingerprint density at radius 3 is 2.50 bits per heavy atom. The third kappa shape index (κ3) is 4.42. The molecule has 0 aliphatic rings. The van der Waals surface area contributed by atoms with E-state index in [0.717, 1.165) is 22.6 Å². The Balaban J connectivity index is 2.08. The number of thioether (sulfide) groups is 1. The molecule has 2 nitrogen and oxygen atoms in total. The number of rotatable bonds is 5. The fraction of sp³-hybridized carbons (Fsp3) is 0.235. The summed E-state index contributed by atoms with van der Waals surface area (Å²) in [6.07, 6.45) is 0.735. The van der Waals surface area contributed by atoms with Gasteiger partial charge in [0.25, 0.3) is 0 Å². The topological polar surface area (TPSA) is 29.1 Å². The van der Waals surface area contributed by atoms with Gasteiger partial charge < -0.3 is 5.32 Å². The van der Waals surface area contributed by atoms with E-state index in [1.54, 1.807) is 0 Å². The first-order chi connectivity index (χ1) is 10.5. The Morgan fingerprint density at radius 2 is 1.86 bits per heavy atom. The van der Waals surface area contributed by atoms with Gasteiger partial charge in [-0.3, -0.25) is 4.79 Å². The molecule has 0 aliphatic heterocycles. The quantitative estimate of drug-likeness (QED) is 0.687. The number of benzene rings is 2. The molecule has 0 bridgehead atoms. The zero-order chi connectivity index (χ0) is 16.1. The molecule has 2 rings (SSSR count). The number of amides is 1. The second kappa shape index (κ2) is 7.91. The van der Waals surface area contributed by atoms with Crippen LogP contribution < -0.4 is 5.32 Å². The minimum atomic E-state index is -0.167. The Labute approximate surface area is 145 Å². The van der Waals surface area contributed by atoms with Crippen molar-refractivity contribution in [1.29, 1.82) is 0 Å². The normalized spacial score (nSPS) is 12.0. The second-order valence-corrected chi connectivity index (χ2v) is 6.99. The summed E-state index contributed by atoms with van der Waals surface area (Å²) in [6.45, 7) is 3.89. The summed E-state index contributed by atoms with van der Waals surface area (Å²) >= 11 is 13.5. The summed E-state index contributed by atoms with van der Waals surface area (Å²) in [7, 11) is 0. The molecule has 1 atom stereocenters. The first-order valence-electron chi connectivity index (χ1n) is 6.99. The van der Waals surface area contributed by atoms with Gasteiger partial charge >= 0.3 is 0 Å². The first-order valence-corrected chi connectivity index (χ1v) is 8.63. The SMILES string of the molecule is CCC(Sc1ccc(Cl)cc1)C(=O)Nc1cccc(Cl)c1C. The monoisotopic (exact) mass is 353 g/mol. The van der Waals surface area contributed by atoms with Gasteiger partial charge in [-0.25, -0.2) is 0 Å². The Kier molecular flexibility index (Phi) is 6.18. The van der Waals surface area contributed by atoms with Crippen molar-refractivity contribution >= 4 is 46.6 Å². The molecule has 2 aromatic rings. The number of carbonyl (C=O) groups is 1. The molecule has 5 heteroatoms. The molecule has 22 heavy (non-hydrogen) atoms. The largest absolute Gasteiger partial charge is 0.325 e. The molecule has 0 heterocycles. The molecule has 0 aromatic heterocycles. The van der Waals surface area contributed by atoms with E-state index in [-0.39, 0.29) is 11.2 Å². The van der Waals surface area contributed by atoms with Crippen LogP contribution in [0.4, 0.5) is 5.69 Å². The van der Waals surface area contributed by atoms with Gasteiger partial charge in [0.05, 0.1) is 5.25 Å². The Morgan fingerprint density at radius 1 is 1.18 bits per heavy atom. The van der Waals surface area contributed by atoms with Crippen LogP contribution in [0.15, 0.2) is 47.4 Å². The zero-order valence-electron chi connectivity index (χ0n) is 12.4. The summed E-state index contributed by atoms with van der Waals surface area (Å²) in [5.74, 6) is -0.0205. The van der Waals surface area contributed by atoms with Crippen LogP contribution in [0.1, 0.15) is 18.9 Å². The maximum Gasteiger partial charge on any atom is 0.237 e. The number of hydrogen-bond acceptors (Lipinski definition) is 2. The number of hydrogen-bond donors (Lipinski definition) is 1. The molecule has 2 aromatic carbocycles. The molecule has 0 radical (unpaired) electrons. The van der Waals surface area contributed by atoms with Gasteiger partial charge in [0.1, 0.15) is 0 Å². The van der Waals surface area contributed by atoms with Crippen LogP contribution in [0.2, 0.25) is 10.0 Å². The minimum absolute atomic E-state index is 0.0205. The van der Waals surface area contributed by atoms with Crippen LogP contribution in [0.3, 0.4) is 0 Å². The van der Waals surface area contributed by atoms with Gasteiger partial charge in [0, 0.05) is 20.6 Å². The molecule has 0 spiro atoms. The van der Waals surface area contributed by atoms with E-state index in [0.29, 0.717) is 10.0 Å². The van der Waals surface area contributed by atoms with Gasteiger partial charge in [0.2, 0.25) is 5.91 Å². The van der Waals surface area contributed by atoms with E-state index in [1.807, 2.05) is 56.3 Å². The molecular weight excluding hydrogens is 337 g/mol. The van der Waals surface area contributed by atoms with Crippen LogP contribution in [0.5, 0.6) is 0 Å². The molecule has 116 valence electrons. The van der Waals surface area contributed by atoms with Crippen molar-refractivity contribution in [3.05, 3.63) is 58.1 Å². The third-order valence-electron chi connectivity index (χ3n) is 3.28. The van der Waals surface area contributed by atoms with Gasteiger partial charge in [-0.05, 0) is 55.3 Å². The molecule has 1 N–H and O–H groups in total. The second-order valence-electron chi connectivity index (χ2n) is 4.87. The van der Waals surface area contributed by atoms with Crippen molar-refractivity contribution in [2.45, 2.75) is 30.4 Å².